The van der Waals surface area contributed by atoms with Crippen molar-refractivity contribution in [2.45, 2.75) is 12.8 Å². The fourth-order valence-electron chi connectivity index (χ4n) is 2.66. The maximum atomic E-state index is 12.1. The fourth-order valence-corrected chi connectivity index (χ4v) is 2.85. The maximum absolute atomic E-state index is 12.1. The van der Waals surface area contributed by atoms with E-state index in [1.807, 2.05) is 0 Å². The van der Waals surface area contributed by atoms with Crippen LogP contribution in [0.25, 0.3) is 11.2 Å². The average Bonchev–Trinajstić information content (AvgIpc) is 2.84. The topological polar surface area (TPSA) is 98.0 Å². The normalized spacial score (nSPS) is 10.8. The molecule has 0 saturated heterocycles. The van der Waals surface area contributed by atoms with Gasteiger partial charge in [-0.3, -0.25) is 18.7 Å². The molecule has 3 aromatic rings. The van der Waals surface area contributed by atoms with Crippen LogP contribution in [-0.4, -0.2) is 25.9 Å². The third-order valence-electron chi connectivity index (χ3n) is 4.06. The Morgan fingerprint density at radius 1 is 1.04 bits per heavy atom. The highest BCUT2D eigenvalue weighted by Gasteiger charge is 2.12. The summed E-state index contributed by atoms with van der Waals surface area (Å²) < 4.78 is 2.89. The van der Waals surface area contributed by atoms with E-state index in [1.54, 1.807) is 50.5 Å². The van der Waals surface area contributed by atoms with Crippen molar-refractivity contribution in [1.82, 2.24) is 14.1 Å². The number of aromatic nitrogens is 3. The van der Waals surface area contributed by atoms with Crippen LogP contribution >= 0.6 is 11.6 Å². The minimum Gasteiger partial charge on any atom is -0.326 e. The van der Waals surface area contributed by atoms with Gasteiger partial charge in [-0.15, -0.1) is 0 Å². The highest BCUT2D eigenvalue weighted by molar-refractivity contribution is 6.30. The van der Waals surface area contributed by atoms with Crippen molar-refractivity contribution in [1.29, 1.82) is 0 Å². The molecule has 0 saturated carbocycles. The highest BCUT2D eigenvalue weighted by Crippen LogP contribution is 2.16. The van der Waals surface area contributed by atoms with Crippen LogP contribution in [0, 0.1) is 0 Å². The molecule has 0 spiro atoms. The summed E-state index contributed by atoms with van der Waals surface area (Å²) in [5, 5.41) is 5.84. The van der Waals surface area contributed by atoms with E-state index in [0.717, 1.165) is 0 Å². The second kappa shape index (κ2) is 7.63. The van der Waals surface area contributed by atoms with Crippen LogP contribution in [0.3, 0.4) is 0 Å². The molecule has 0 aliphatic heterocycles. The SMILES string of the molecule is Cn1c(=O)n(C)c2nc(NC(=O)CCC(=O)Nc3cccc(Cl)c3)ccc21. The minimum absolute atomic E-state index is 0.000162. The van der Waals surface area contributed by atoms with Gasteiger partial charge in [0.2, 0.25) is 11.8 Å². The molecule has 2 heterocycles. The first-order valence-corrected chi connectivity index (χ1v) is 8.60. The van der Waals surface area contributed by atoms with Crippen molar-refractivity contribution in [3.05, 3.63) is 51.9 Å². The quantitative estimate of drug-likeness (QED) is 0.701. The number of halogens is 1. The molecule has 27 heavy (non-hydrogen) atoms. The summed E-state index contributed by atoms with van der Waals surface area (Å²) >= 11 is 5.86. The molecule has 2 N–H and O–H groups in total. The van der Waals surface area contributed by atoms with Gasteiger partial charge < -0.3 is 10.6 Å². The molecule has 1 aromatic carbocycles. The molecular weight excluding hydrogens is 370 g/mol. The molecule has 0 unspecified atom stereocenters. The number of fused-ring (bicyclic) bond motifs is 1. The standard InChI is InChI=1S/C18H18ClN5O3/c1-23-13-6-7-14(22-17(13)24(2)18(23)27)21-16(26)9-8-15(25)20-12-5-3-4-11(19)10-12/h3-7,10H,8-9H2,1-2H3,(H,20,25)(H,21,22,26). The predicted octanol–water partition coefficient (Wildman–Crippen LogP) is 2.28. The molecule has 0 radical (unpaired) electrons. The number of nitrogens with one attached hydrogen (secondary N) is 2. The van der Waals surface area contributed by atoms with Crippen LogP contribution < -0.4 is 16.3 Å². The van der Waals surface area contributed by atoms with E-state index in [0.29, 0.717) is 27.7 Å². The Labute approximate surface area is 159 Å². The maximum Gasteiger partial charge on any atom is 0.329 e. The van der Waals surface area contributed by atoms with E-state index >= 15 is 0 Å². The van der Waals surface area contributed by atoms with Crippen molar-refractivity contribution in [2.75, 3.05) is 10.6 Å². The molecule has 8 nitrogen and oxygen atoms in total. The third kappa shape index (κ3) is 4.17. The van der Waals surface area contributed by atoms with Crippen molar-refractivity contribution in [3.8, 4) is 0 Å². The van der Waals surface area contributed by atoms with Gasteiger partial charge in [0.1, 0.15) is 5.82 Å². The molecule has 9 heteroatoms. The summed E-state index contributed by atoms with van der Waals surface area (Å²) in [6, 6.07) is 10.1. The van der Waals surface area contributed by atoms with Gasteiger partial charge in [0.05, 0.1) is 5.52 Å². The third-order valence-corrected chi connectivity index (χ3v) is 4.30. The summed E-state index contributed by atoms with van der Waals surface area (Å²) in [6.07, 6.45) is 0.0181. The number of aryl methyl sites for hydroxylation is 2. The van der Waals surface area contributed by atoms with Gasteiger partial charge in [-0.05, 0) is 30.3 Å². The molecule has 3 rings (SSSR count). The number of pyridine rings is 1. The van der Waals surface area contributed by atoms with Gasteiger partial charge in [0, 0.05) is 37.6 Å². The van der Waals surface area contributed by atoms with Gasteiger partial charge in [-0.2, -0.15) is 0 Å². The van der Waals surface area contributed by atoms with E-state index < -0.39 is 0 Å². The van der Waals surface area contributed by atoms with Gasteiger partial charge in [0.25, 0.3) is 0 Å². The number of benzene rings is 1. The molecule has 2 amide bonds. The predicted molar refractivity (Wildman–Crippen MR) is 104 cm³/mol. The van der Waals surface area contributed by atoms with Crippen LogP contribution in [-0.2, 0) is 23.7 Å². The van der Waals surface area contributed by atoms with E-state index in [-0.39, 0.29) is 30.3 Å². The van der Waals surface area contributed by atoms with E-state index in [2.05, 4.69) is 15.6 Å². The number of carbonyl (C=O) groups is 2. The molecule has 0 fully saturated rings. The van der Waals surface area contributed by atoms with Crippen LogP contribution in [0.1, 0.15) is 12.8 Å². The molecule has 0 aliphatic carbocycles. The van der Waals surface area contributed by atoms with Crippen LogP contribution in [0.2, 0.25) is 5.02 Å². The average molecular weight is 388 g/mol. The summed E-state index contributed by atoms with van der Waals surface area (Å²) in [6.45, 7) is 0. The number of imidazole rings is 1. The summed E-state index contributed by atoms with van der Waals surface area (Å²) in [5.74, 6) is -0.311. The van der Waals surface area contributed by atoms with Crippen LogP contribution in [0.4, 0.5) is 11.5 Å². The second-order valence-electron chi connectivity index (χ2n) is 6.05. The van der Waals surface area contributed by atoms with Crippen molar-refractivity contribution in [2.24, 2.45) is 14.1 Å². The van der Waals surface area contributed by atoms with Gasteiger partial charge in [-0.1, -0.05) is 17.7 Å². The first-order valence-electron chi connectivity index (χ1n) is 8.23. The Morgan fingerprint density at radius 3 is 2.44 bits per heavy atom. The zero-order chi connectivity index (χ0) is 19.6. The number of rotatable bonds is 5. The Morgan fingerprint density at radius 2 is 1.74 bits per heavy atom. The van der Waals surface area contributed by atoms with Crippen LogP contribution in [0.15, 0.2) is 41.2 Å². The fraction of sp³-hybridized carbons (Fsp3) is 0.222. The van der Waals surface area contributed by atoms with Crippen molar-refractivity contribution in [3.63, 3.8) is 0 Å². The number of hydrogen-bond donors (Lipinski definition) is 2. The monoisotopic (exact) mass is 387 g/mol. The second-order valence-corrected chi connectivity index (χ2v) is 6.48. The highest BCUT2D eigenvalue weighted by atomic mass is 35.5. The molecule has 0 aliphatic rings. The van der Waals surface area contributed by atoms with Gasteiger partial charge >= 0.3 is 5.69 Å². The number of nitrogens with zero attached hydrogens (tertiary/aromatic N) is 3. The largest absolute Gasteiger partial charge is 0.329 e. The zero-order valence-electron chi connectivity index (χ0n) is 14.8. The van der Waals surface area contributed by atoms with Crippen molar-refractivity contribution < 1.29 is 9.59 Å². The first-order chi connectivity index (χ1) is 12.8. The molecular formula is C18H18ClN5O3. The first kappa shape index (κ1) is 18.7. The molecule has 140 valence electrons. The van der Waals surface area contributed by atoms with E-state index in [1.165, 1.54) is 9.13 Å². The Hall–Kier alpha value is -3.13. The Kier molecular flexibility index (Phi) is 5.27. The summed E-state index contributed by atoms with van der Waals surface area (Å²) in [4.78, 5) is 40.3. The lowest BCUT2D eigenvalue weighted by Gasteiger charge is -2.07. The van der Waals surface area contributed by atoms with E-state index in [4.69, 9.17) is 11.6 Å². The lowest BCUT2D eigenvalue weighted by molar-refractivity contribution is -0.121. The number of amides is 2. The van der Waals surface area contributed by atoms with Gasteiger partial charge in [0.15, 0.2) is 5.65 Å². The zero-order valence-corrected chi connectivity index (χ0v) is 15.6. The Bertz CT molecular complexity index is 1090. The molecule has 2 aromatic heterocycles. The molecule has 0 atom stereocenters. The van der Waals surface area contributed by atoms with Crippen molar-refractivity contribution >= 4 is 46.1 Å². The lowest BCUT2D eigenvalue weighted by atomic mass is 10.2. The number of carbonyl (C=O) groups excluding carboxylic acids is 2. The summed E-state index contributed by atoms with van der Waals surface area (Å²) in [5.41, 5.74) is 1.52. The van der Waals surface area contributed by atoms with Gasteiger partial charge in [-0.25, -0.2) is 9.78 Å². The van der Waals surface area contributed by atoms with E-state index in [9.17, 15) is 14.4 Å². The molecule has 0 bridgehead atoms. The minimum atomic E-state index is -0.343. The lowest BCUT2D eigenvalue weighted by Crippen LogP contribution is -2.19. The van der Waals surface area contributed by atoms with Crippen LogP contribution in [0.5, 0.6) is 0 Å². The number of anilines is 2. The number of hydrogen-bond acceptors (Lipinski definition) is 4. The smallest absolute Gasteiger partial charge is 0.326 e. The summed E-state index contributed by atoms with van der Waals surface area (Å²) in [7, 11) is 3.27. The Balaban J connectivity index is 1.59.